The molecule has 1 fully saturated rings. The van der Waals surface area contributed by atoms with E-state index in [-0.39, 0.29) is 0 Å². The molecule has 2 heteroatoms. The third kappa shape index (κ3) is 5.33. The van der Waals surface area contributed by atoms with Crippen molar-refractivity contribution in [1.82, 2.24) is 10.2 Å². The van der Waals surface area contributed by atoms with Gasteiger partial charge < -0.3 is 5.32 Å². The monoisotopic (exact) mass is 210 g/mol. The zero-order chi connectivity index (χ0) is 11.3. The van der Waals surface area contributed by atoms with Gasteiger partial charge in [-0.2, -0.15) is 0 Å². The van der Waals surface area contributed by atoms with E-state index in [9.17, 15) is 0 Å². The highest BCUT2D eigenvalue weighted by Gasteiger charge is 2.22. The Bertz CT molecular complexity index is 197. The maximum Gasteiger partial charge on any atom is 0.0220 e. The standard InChI is InChI=1S/C13H26N2/c1-5-6-13(9-14-12-7-8-12)15(4)10-11(2)3/h12-14H,2,5-10H2,1,3-4H3. The molecule has 1 aliphatic rings. The lowest BCUT2D eigenvalue weighted by molar-refractivity contribution is 0.239. The molecule has 1 rings (SSSR count). The Labute approximate surface area is 94.7 Å². The topological polar surface area (TPSA) is 15.3 Å². The number of hydrogen-bond acceptors (Lipinski definition) is 2. The zero-order valence-electron chi connectivity index (χ0n) is 10.6. The van der Waals surface area contributed by atoms with E-state index in [1.807, 2.05) is 0 Å². The number of nitrogens with zero attached hydrogens (tertiary/aromatic N) is 1. The Morgan fingerprint density at radius 2 is 2.20 bits per heavy atom. The summed E-state index contributed by atoms with van der Waals surface area (Å²) in [5.74, 6) is 0. The predicted octanol–water partition coefficient (Wildman–Crippen LogP) is 2.42. The van der Waals surface area contributed by atoms with Crippen molar-refractivity contribution in [2.24, 2.45) is 0 Å². The number of nitrogens with one attached hydrogen (secondary N) is 1. The van der Waals surface area contributed by atoms with Crippen LogP contribution in [0.25, 0.3) is 0 Å². The maximum absolute atomic E-state index is 3.98. The highest BCUT2D eigenvalue weighted by atomic mass is 15.2. The highest BCUT2D eigenvalue weighted by molar-refractivity contribution is 4.93. The van der Waals surface area contributed by atoms with Crippen LogP contribution >= 0.6 is 0 Å². The smallest absolute Gasteiger partial charge is 0.0220 e. The predicted molar refractivity (Wildman–Crippen MR) is 67.2 cm³/mol. The van der Waals surface area contributed by atoms with E-state index in [2.05, 4.69) is 37.7 Å². The number of rotatable bonds is 8. The highest BCUT2D eigenvalue weighted by Crippen LogP contribution is 2.19. The van der Waals surface area contributed by atoms with Crippen LogP contribution in [0.2, 0.25) is 0 Å². The van der Waals surface area contributed by atoms with E-state index in [1.165, 1.54) is 31.3 Å². The van der Waals surface area contributed by atoms with Crippen molar-refractivity contribution in [2.45, 2.75) is 51.6 Å². The van der Waals surface area contributed by atoms with Crippen LogP contribution in [0.15, 0.2) is 12.2 Å². The molecular weight excluding hydrogens is 184 g/mol. The van der Waals surface area contributed by atoms with Gasteiger partial charge in [-0.25, -0.2) is 0 Å². The van der Waals surface area contributed by atoms with E-state index >= 15 is 0 Å². The maximum atomic E-state index is 3.98. The molecular formula is C13H26N2. The van der Waals surface area contributed by atoms with Gasteiger partial charge in [-0.15, -0.1) is 0 Å². The van der Waals surface area contributed by atoms with Gasteiger partial charge in [0, 0.05) is 25.2 Å². The molecule has 2 nitrogen and oxygen atoms in total. The minimum Gasteiger partial charge on any atom is -0.312 e. The lowest BCUT2D eigenvalue weighted by Crippen LogP contribution is -2.41. The van der Waals surface area contributed by atoms with E-state index in [1.54, 1.807) is 0 Å². The summed E-state index contributed by atoms with van der Waals surface area (Å²) >= 11 is 0. The molecule has 0 spiro atoms. The quantitative estimate of drug-likeness (QED) is 0.619. The fourth-order valence-electron chi connectivity index (χ4n) is 1.96. The molecule has 0 saturated heterocycles. The second-order valence-corrected chi connectivity index (χ2v) is 5.00. The van der Waals surface area contributed by atoms with Crippen LogP contribution in [-0.2, 0) is 0 Å². The molecule has 0 aliphatic heterocycles. The van der Waals surface area contributed by atoms with Crippen molar-refractivity contribution in [3.05, 3.63) is 12.2 Å². The van der Waals surface area contributed by atoms with Crippen LogP contribution in [0, 0.1) is 0 Å². The number of hydrogen-bond donors (Lipinski definition) is 1. The van der Waals surface area contributed by atoms with E-state index in [0.29, 0.717) is 6.04 Å². The summed E-state index contributed by atoms with van der Waals surface area (Å²) in [7, 11) is 2.21. The van der Waals surface area contributed by atoms with Crippen LogP contribution in [0.5, 0.6) is 0 Å². The van der Waals surface area contributed by atoms with Gasteiger partial charge in [0.1, 0.15) is 0 Å². The molecule has 0 heterocycles. The van der Waals surface area contributed by atoms with Crippen molar-refractivity contribution >= 4 is 0 Å². The van der Waals surface area contributed by atoms with Crippen molar-refractivity contribution in [3.8, 4) is 0 Å². The van der Waals surface area contributed by atoms with Crippen molar-refractivity contribution < 1.29 is 0 Å². The largest absolute Gasteiger partial charge is 0.312 e. The molecule has 1 saturated carbocycles. The van der Waals surface area contributed by atoms with Crippen LogP contribution in [0.3, 0.4) is 0 Å². The summed E-state index contributed by atoms with van der Waals surface area (Å²) in [4.78, 5) is 2.43. The van der Waals surface area contributed by atoms with Gasteiger partial charge in [-0.3, -0.25) is 4.90 Å². The molecule has 0 aromatic heterocycles. The van der Waals surface area contributed by atoms with E-state index in [0.717, 1.165) is 19.1 Å². The van der Waals surface area contributed by atoms with E-state index < -0.39 is 0 Å². The first kappa shape index (κ1) is 12.7. The summed E-state index contributed by atoms with van der Waals surface area (Å²) in [5, 5.41) is 3.62. The molecule has 0 aromatic rings. The van der Waals surface area contributed by atoms with Gasteiger partial charge in [0.25, 0.3) is 0 Å². The van der Waals surface area contributed by atoms with Crippen LogP contribution in [-0.4, -0.2) is 37.1 Å². The second kappa shape index (κ2) is 6.29. The third-order valence-corrected chi connectivity index (χ3v) is 2.98. The summed E-state index contributed by atoms with van der Waals surface area (Å²) in [6.07, 6.45) is 5.30. The van der Waals surface area contributed by atoms with Gasteiger partial charge in [0.05, 0.1) is 0 Å². The van der Waals surface area contributed by atoms with Gasteiger partial charge in [-0.1, -0.05) is 25.5 Å². The first-order valence-electron chi connectivity index (χ1n) is 6.21. The first-order valence-corrected chi connectivity index (χ1v) is 6.21. The van der Waals surface area contributed by atoms with Gasteiger partial charge in [0.2, 0.25) is 0 Å². The van der Waals surface area contributed by atoms with Crippen LogP contribution < -0.4 is 5.32 Å². The molecule has 0 aromatic carbocycles. The molecule has 15 heavy (non-hydrogen) atoms. The Morgan fingerprint density at radius 3 is 2.67 bits per heavy atom. The Morgan fingerprint density at radius 1 is 1.53 bits per heavy atom. The average molecular weight is 210 g/mol. The van der Waals surface area contributed by atoms with Crippen LogP contribution in [0.4, 0.5) is 0 Å². The molecule has 0 radical (unpaired) electrons. The zero-order valence-corrected chi connectivity index (χ0v) is 10.6. The lowest BCUT2D eigenvalue weighted by atomic mass is 10.1. The fraction of sp³-hybridized carbons (Fsp3) is 0.846. The summed E-state index contributed by atoms with van der Waals surface area (Å²) in [6.45, 7) is 10.5. The summed E-state index contributed by atoms with van der Waals surface area (Å²) in [6, 6.07) is 1.50. The van der Waals surface area contributed by atoms with Gasteiger partial charge in [0.15, 0.2) is 0 Å². The summed E-state index contributed by atoms with van der Waals surface area (Å²) < 4.78 is 0. The fourth-order valence-corrected chi connectivity index (χ4v) is 1.96. The SMILES string of the molecule is C=C(C)CN(C)C(CCC)CNC1CC1. The minimum atomic E-state index is 0.673. The minimum absolute atomic E-state index is 0.673. The molecule has 1 aliphatic carbocycles. The van der Waals surface area contributed by atoms with Crippen molar-refractivity contribution in [1.29, 1.82) is 0 Å². The first-order chi connectivity index (χ1) is 7.13. The van der Waals surface area contributed by atoms with Crippen molar-refractivity contribution in [2.75, 3.05) is 20.1 Å². The lowest BCUT2D eigenvalue weighted by Gasteiger charge is -2.28. The third-order valence-electron chi connectivity index (χ3n) is 2.98. The molecule has 88 valence electrons. The second-order valence-electron chi connectivity index (χ2n) is 5.00. The number of likely N-dealkylation sites (N-methyl/N-ethyl adjacent to an activating group) is 1. The van der Waals surface area contributed by atoms with Gasteiger partial charge in [-0.05, 0) is 33.2 Å². The Balaban J connectivity index is 2.28. The Kier molecular flexibility index (Phi) is 5.34. The van der Waals surface area contributed by atoms with Crippen molar-refractivity contribution in [3.63, 3.8) is 0 Å². The molecule has 0 bridgehead atoms. The normalized spacial score (nSPS) is 18.1. The molecule has 0 amide bonds. The molecule has 1 unspecified atom stereocenters. The van der Waals surface area contributed by atoms with E-state index in [4.69, 9.17) is 0 Å². The van der Waals surface area contributed by atoms with Crippen LogP contribution in [0.1, 0.15) is 39.5 Å². The summed E-state index contributed by atoms with van der Waals surface area (Å²) in [5.41, 5.74) is 1.25. The van der Waals surface area contributed by atoms with Gasteiger partial charge >= 0.3 is 0 Å². The Hall–Kier alpha value is -0.340. The molecule has 1 atom stereocenters. The molecule has 1 N–H and O–H groups in total. The average Bonchev–Trinajstić information content (AvgIpc) is 2.94.